The molecule has 13 rings (SSSR count). The van der Waals surface area contributed by atoms with Gasteiger partial charge in [-0.05, 0) is 70.2 Å². The van der Waals surface area contributed by atoms with E-state index >= 15 is 0 Å². The average Bonchev–Trinajstić information content (AvgIpc) is 3.09. The minimum Gasteiger partial charge on any atom is -0.287 e. The van der Waals surface area contributed by atoms with E-state index in [9.17, 15) is 0 Å². The van der Waals surface area contributed by atoms with Crippen LogP contribution in [-0.2, 0) is 0 Å². The van der Waals surface area contributed by atoms with Crippen LogP contribution in [0.3, 0.4) is 0 Å². The van der Waals surface area contributed by atoms with Crippen molar-refractivity contribution in [3.05, 3.63) is 119 Å². The molecule has 8 bridgehead atoms. The Balaban J connectivity index is 1.19. The number of nitrogens with zero attached hydrogens (tertiary/aromatic N) is 4. The van der Waals surface area contributed by atoms with E-state index in [1.165, 1.54) is 47.9 Å². The highest BCUT2D eigenvalue weighted by atomic mass is 14.9. The third-order valence-electron chi connectivity index (χ3n) is 9.36. The predicted molar refractivity (Wildman–Crippen MR) is 186 cm³/mol. The lowest BCUT2D eigenvalue weighted by atomic mass is 9.91. The SMILES string of the molecule is C1=N[C@@H]2CCCC[C@H]2N=Cc2ccc(cc2)-c2ccc(cc2)C=N[C@@H]2CCCC[C@H]2N=Cc2ccc(cc2)-c2ccc1cc2. The van der Waals surface area contributed by atoms with Gasteiger partial charge in [-0.2, -0.15) is 0 Å². The summed E-state index contributed by atoms with van der Waals surface area (Å²) in [5, 5.41) is 0. The van der Waals surface area contributed by atoms with Crippen molar-refractivity contribution in [2.24, 2.45) is 20.0 Å². The van der Waals surface area contributed by atoms with Crippen LogP contribution in [0.5, 0.6) is 0 Å². The lowest BCUT2D eigenvalue weighted by molar-refractivity contribution is 0.390. The molecule has 0 spiro atoms. The first-order valence-electron chi connectivity index (χ1n) is 16.3. The lowest BCUT2D eigenvalue weighted by Gasteiger charge is -2.25. The number of benzene rings is 4. The zero-order valence-electron chi connectivity index (χ0n) is 25.3. The molecule has 4 aromatic rings. The second-order valence-corrected chi connectivity index (χ2v) is 12.4. The highest BCUT2D eigenvalue weighted by Gasteiger charge is 2.24. The predicted octanol–water partition coefficient (Wildman–Crippen LogP) is 9.03. The quantitative estimate of drug-likeness (QED) is 0.201. The molecule has 4 nitrogen and oxygen atoms in total. The Hall–Kier alpha value is -4.44. The van der Waals surface area contributed by atoms with Crippen molar-refractivity contribution in [3.8, 4) is 22.3 Å². The Kier molecular flexibility index (Phi) is 8.67. The summed E-state index contributed by atoms with van der Waals surface area (Å²) in [5.41, 5.74) is 9.36. The zero-order chi connectivity index (χ0) is 29.6. The van der Waals surface area contributed by atoms with Crippen LogP contribution >= 0.6 is 0 Å². The van der Waals surface area contributed by atoms with Gasteiger partial charge < -0.3 is 0 Å². The van der Waals surface area contributed by atoms with Crippen molar-refractivity contribution in [1.82, 2.24) is 0 Å². The normalized spacial score (nSPS) is 23.3. The molecular weight excluding hydrogens is 536 g/mol. The van der Waals surface area contributed by atoms with Gasteiger partial charge in [-0.25, -0.2) is 0 Å². The highest BCUT2D eigenvalue weighted by Crippen LogP contribution is 2.27. The van der Waals surface area contributed by atoms with E-state index < -0.39 is 0 Å². The molecular formula is C40H40N4. The van der Waals surface area contributed by atoms with Crippen LogP contribution in [0.2, 0.25) is 0 Å². The second kappa shape index (κ2) is 13.5. The van der Waals surface area contributed by atoms with E-state index in [2.05, 4.69) is 97.1 Å². The van der Waals surface area contributed by atoms with Crippen LogP contribution in [0.1, 0.15) is 73.6 Å². The summed E-state index contributed by atoms with van der Waals surface area (Å²) in [6.45, 7) is 0. The molecule has 0 N–H and O–H groups in total. The monoisotopic (exact) mass is 576 g/mol. The van der Waals surface area contributed by atoms with Gasteiger partial charge in [-0.1, -0.05) is 123 Å². The van der Waals surface area contributed by atoms with Gasteiger partial charge in [0.1, 0.15) is 0 Å². The van der Waals surface area contributed by atoms with Gasteiger partial charge in [-0.3, -0.25) is 20.0 Å². The fraction of sp³-hybridized carbons (Fsp3) is 0.300. The van der Waals surface area contributed by atoms with Crippen LogP contribution in [0.4, 0.5) is 0 Å². The smallest absolute Gasteiger partial charge is 0.0723 e. The third kappa shape index (κ3) is 6.86. The average molecular weight is 577 g/mol. The van der Waals surface area contributed by atoms with E-state index in [4.69, 9.17) is 20.0 Å². The van der Waals surface area contributed by atoms with Crippen LogP contribution in [0.15, 0.2) is 117 Å². The van der Waals surface area contributed by atoms with Gasteiger partial charge in [0.2, 0.25) is 0 Å². The molecule has 0 radical (unpaired) electrons. The number of hydrogen-bond donors (Lipinski definition) is 0. The van der Waals surface area contributed by atoms with Crippen LogP contribution < -0.4 is 0 Å². The molecule has 2 saturated carbocycles. The number of hydrogen-bond acceptors (Lipinski definition) is 4. The summed E-state index contributed by atoms with van der Waals surface area (Å²) < 4.78 is 0. The molecule has 4 atom stereocenters. The third-order valence-corrected chi connectivity index (χ3v) is 9.36. The van der Waals surface area contributed by atoms with Crippen molar-refractivity contribution in [2.75, 3.05) is 0 Å². The standard InChI is InChI=1S/C40H40N4/c1-2-6-38-37(5-1)41-25-29-9-17-33(18-10-29)35-21-13-31(14-22-35)27-43-39-7-3-4-8-40(39)44-28-32-15-23-36(24-16-32)34-19-11-30(12-20-34)26-42-38/h9-28,37-40H,1-8H2/t37-,38-,39-,40-/m1/s1. The summed E-state index contributed by atoms with van der Waals surface area (Å²) in [7, 11) is 0. The number of rotatable bonds is 0. The van der Waals surface area contributed by atoms with Crippen molar-refractivity contribution in [3.63, 3.8) is 0 Å². The van der Waals surface area contributed by atoms with E-state index in [1.54, 1.807) is 0 Å². The van der Waals surface area contributed by atoms with Crippen LogP contribution in [0.25, 0.3) is 22.3 Å². The fourth-order valence-corrected chi connectivity index (χ4v) is 6.65. The Morgan fingerprint density at radius 2 is 0.500 bits per heavy atom. The van der Waals surface area contributed by atoms with Crippen LogP contribution in [0, 0.1) is 0 Å². The molecule has 0 amide bonds. The van der Waals surface area contributed by atoms with E-state index in [0.717, 1.165) is 47.9 Å². The molecule has 0 aromatic heterocycles. The maximum absolute atomic E-state index is 5.03. The first-order chi connectivity index (χ1) is 21.8. The summed E-state index contributed by atoms with van der Waals surface area (Å²) in [5.74, 6) is 0. The molecule has 2 fully saturated rings. The lowest BCUT2D eigenvalue weighted by Crippen LogP contribution is -2.27. The van der Waals surface area contributed by atoms with Crippen molar-refractivity contribution >= 4 is 24.9 Å². The van der Waals surface area contributed by atoms with E-state index in [0.29, 0.717) is 0 Å². The minimum absolute atomic E-state index is 0.228. The molecule has 0 saturated heterocycles. The Morgan fingerprint density at radius 1 is 0.295 bits per heavy atom. The second-order valence-electron chi connectivity index (χ2n) is 12.4. The molecule has 2 aliphatic carbocycles. The molecule has 4 heteroatoms. The Bertz CT molecular complexity index is 1390. The van der Waals surface area contributed by atoms with E-state index in [1.807, 2.05) is 24.9 Å². The van der Waals surface area contributed by atoms with Gasteiger partial charge in [0.25, 0.3) is 0 Å². The Labute approximate surface area is 261 Å². The first kappa shape index (κ1) is 28.3. The maximum atomic E-state index is 5.03. The summed E-state index contributed by atoms with van der Waals surface area (Å²) >= 11 is 0. The molecule has 0 unspecified atom stereocenters. The molecule has 44 heavy (non-hydrogen) atoms. The van der Waals surface area contributed by atoms with Gasteiger partial charge >= 0.3 is 0 Å². The molecule has 4 aromatic carbocycles. The Morgan fingerprint density at radius 3 is 0.705 bits per heavy atom. The summed E-state index contributed by atoms with van der Waals surface area (Å²) in [4.78, 5) is 20.1. The first-order valence-corrected chi connectivity index (χ1v) is 16.3. The van der Waals surface area contributed by atoms with Crippen molar-refractivity contribution in [1.29, 1.82) is 0 Å². The van der Waals surface area contributed by atoms with Gasteiger partial charge in [0, 0.05) is 24.9 Å². The fourth-order valence-electron chi connectivity index (χ4n) is 6.65. The molecule has 7 aliphatic heterocycles. The van der Waals surface area contributed by atoms with Gasteiger partial charge in [0.05, 0.1) is 24.2 Å². The minimum atomic E-state index is 0.228. The molecule has 7 heterocycles. The van der Waals surface area contributed by atoms with Crippen LogP contribution in [-0.4, -0.2) is 49.0 Å². The summed E-state index contributed by atoms with van der Waals surface area (Å²) in [6.07, 6.45) is 17.4. The summed E-state index contributed by atoms with van der Waals surface area (Å²) in [6, 6.07) is 35.8. The molecule has 9 aliphatic rings. The zero-order valence-corrected chi connectivity index (χ0v) is 25.3. The number of aliphatic imine (C=N–C) groups is 4. The van der Waals surface area contributed by atoms with Gasteiger partial charge in [-0.15, -0.1) is 0 Å². The van der Waals surface area contributed by atoms with Crippen molar-refractivity contribution < 1.29 is 0 Å². The topological polar surface area (TPSA) is 49.4 Å². The largest absolute Gasteiger partial charge is 0.287 e. The van der Waals surface area contributed by atoms with Crippen molar-refractivity contribution in [2.45, 2.75) is 75.5 Å². The van der Waals surface area contributed by atoms with E-state index in [-0.39, 0.29) is 24.2 Å². The maximum Gasteiger partial charge on any atom is 0.0723 e. The molecule has 220 valence electrons. The highest BCUT2D eigenvalue weighted by molar-refractivity contribution is 5.84. The van der Waals surface area contributed by atoms with Gasteiger partial charge in [0.15, 0.2) is 0 Å².